The monoisotopic (exact) mass is 541 g/mol. The second kappa shape index (κ2) is 11.2. The first-order valence-corrected chi connectivity index (χ1v) is 12.2. The summed E-state index contributed by atoms with van der Waals surface area (Å²) in [6.07, 6.45) is -2.13. The zero-order valence-electron chi connectivity index (χ0n) is 21.2. The fraction of sp³-hybridized carbons (Fsp3) is 0.333. The van der Waals surface area contributed by atoms with Crippen molar-refractivity contribution in [1.82, 2.24) is 14.8 Å². The maximum atomic E-state index is 13.5. The number of ether oxygens (including phenoxy) is 1. The number of H-pyrrole nitrogens is 1. The molecule has 1 aliphatic heterocycles. The molecule has 0 bridgehead atoms. The van der Waals surface area contributed by atoms with Gasteiger partial charge < -0.3 is 9.84 Å². The Kier molecular flexibility index (Phi) is 7.92. The molecule has 2 N–H and O–H groups in total. The molecule has 0 aliphatic carbocycles. The van der Waals surface area contributed by atoms with E-state index in [0.717, 1.165) is 18.6 Å². The van der Waals surface area contributed by atoms with Crippen molar-refractivity contribution in [3.8, 4) is 6.07 Å². The maximum absolute atomic E-state index is 13.5. The number of unbranched alkanes of at least 4 members (excludes halogenated alkanes) is 2. The van der Waals surface area contributed by atoms with Crippen molar-refractivity contribution in [2.45, 2.75) is 44.8 Å². The first-order chi connectivity index (χ1) is 18.6. The highest BCUT2D eigenvalue weighted by Crippen LogP contribution is 2.43. The molecule has 1 unspecified atom stereocenters. The normalized spacial score (nSPS) is 15.2. The van der Waals surface area contributed by atoms with Gasteiger partial charge in [0.05, 0.1) is 29.9 Å². The Balaban J connectivity index is 1.95. The number of carbonyl (C=O) groups excluding carboxylic acids is 1. The molecular formula is C27H26F3N5O4. The number of methoxy groups -OCH3 is 1. The number of nitrogens with one attached hydrogen (secondary N) is 1. The average molecular weight is 542 g/mol. The lowest BCUT2D eigenvalue weighted by Crippen LogP contribution is -2.38. The van der Waals surface area contributed by atoms with Crippen LogP contribution in [0.25, 0.3) is 0 Å². The number of nitriles is 1. The molecule has 9 nitrogen and oxygen atoms in total. The molecule has 0 amide bonds. The van der Waals surface area contributed by atoms with Crippen LogP contribution in [0.3, 0.4) is 0 Å². The number of aromatic amines is 1. The van der Waals surface area contributed by atoms with Crippen molar-refractivity contribution in [3.05, 3.63) is 86.5 Å². The van der Waals surface area contributed by atoms with Gasteiger partial charge in [0, 0.05) is 18.0 Å². The molecule has 3 aromatic rings. The van der Waals surface area contributed by atoms with Gasteiger partial charge in [-0.1, -0.05) is 18.6 Å². The predicted octanol–water partition coefficient (Wildman–Crippen LogP) is 4.36. The largest absolute Gasteiger partial charge is 0.466 e. The fourth-order valence-corrected chi connectivity index (χ4v) is 4.84. The highest BCUT2D eigenvalue weighted by atomic mass is 19.4. The number of aryl methyl sites for hydroxylation is 1. The van der Waals surface area contributed by atoms with Gasteiger partial charge in [-0.2, -0.15) is 18.4 Å². The molecule has 204 valence electrons. The van der Waals surface area contributed by atoms with Crippen molar-refractivity contribution in [3.63, 3.8) is 0 Å². The summed E-state index contributed by atoms with van der Waals surface area (Å²) in [5.74, 6) is -0.783. The van der Waals surface area contributed by atoms with Crippen LogP contribution in [0.4, 0.5) is 24.8 Å². The second-order valence-corrected chi connectivity index (χ2v) is 9.04. The van der Waals surface area contributed by atoms with Crippen LogP contribution in [-0.4, -0.2) is 39.6 Å². The number of fused-ring (bicyclic) bond motifs is 1. The van der Waals surface area contributed by atoms with Crippen LogP contribution in [0.15, 0.2) is 58.5 Å². The van der Waals surface area contributed by atoms with Gasteiger partial charge >= 0.3 is 17.8 Å². The van der Waals surface area contributed by atoms with E-state index in [9.17, 15) is 28.0 Å². The lowest BCUT2D eigenvalue weighted by Gasteiger charge is -2.36. The zero-order chi connectivity index (χ0) is 28.3. The first-order valence-electron chi connectivity index (χ1n) is 12.2. The molecule has 2 heterocycles. The molecule has 1 aromatic heterocycles. The lowest BCUT2D eigenvalue weighted by molar-refractivity contribution is -0.138. The summed E-state index contributed by atoms with van der Waals surface area (Å²) in [6, 6.07) is 10.5. The summed E-state index contributed by atoms with van der Waals surface area (Å²) < 4.78 is 46.8. The van der Waals surface area contributed by atoms with Crippen molar-refractivity contribution in [2.75, 3.05) is 18.6 Å². The Labute approximate surface area is 221 Å². The number of aliphatic hydroxyl groups is 1. The van der Waals surface area contributed by atoms with E-state index in [4.69, 9.17) is 9.84 Å². The van der Waals surface area contributed by atoms with Crippen molar-refractivity contribution < 1.29 is 27.8 Å². The number of alkyl halides is 3. The second-order valence-electron chi connectivity index (χ2n) is 9.04. The summed E-state index contributed by atoms with van der Waals surface area (Å²) in [5.41, 5.74) is 0.362. The smallest absolute Gasteiger partial charge is 0.416 e. The molecule has 2 aromatic carbocycles. The standard InChI is InChI=1S/C27H26F3N5O4/c1-16-22(24(37)39-2)23(21-11-10-17(15-31)13-18(21)7-4-3-5-12-36)35-25(32-33-26(35)38)34(16)20-9-6-8-19(14-20)27(28,29)30/h6,8-11,13-14,23,36H,3-5,7,12H2,1-2H3,(H,33,38). The SMILES string of the molecule is COC(=O)C1=C(C)N(c2cccc(C(F)(F)F)c2)c2n[nH]c(=O)n2C1c1ccc(C#N)cc1CCCCCO. The number of halogens is 3. The van der Waals surface area contributed by atoms with Gasteiger partial charge in [0.15, 0.2) is 0 Å². The number of hydrogen-bond donors (Lipinski definition) is 2. The Morgan fingerprint density at radius 2 is 1.97 bits per heavy atom. The third kappa shape index (κ3) is 5.31. The number of hydrogen-bond acceptors (Lipinski definition) is 7. The van der Waals surface area contributed by atoms with Crippen LogP contribution in [0, 0.1) is 11.3 Å². The molecule has 0 radical (unpaired) electrons. The highest BCUT2D eigenvalue weighted by molar-refractivity contribution is 5.93. The molecule has 1 aliphatic rings. The van der Waals surface area contributed by atoms with E-state index in [-0.39, 0.29) is 29.5 Å². The third-order valence-corrected chi connectivity index (χ3v) is 6.65. The van der Waals surface area contributed by atoms with E-state index in [2.05, 4.69) is 16.3 Å². The van der Waals surface area contributed by atoms with E-state index in [0.29, 0.717) is 36.0 Å². The zero-order valence-corrected chi connectivity index (χ0v) is 21.2. The van der Waals surface area contributed by atoms with Crippen molar-refractivity contribution in [2.24, 2.45) is 0 Å². The molecule has 12 heteroatoms. The lowest BCUT2D eigenvalue weighted by atomic mass is 9.88. The van der Waals surface area contributed by atoms with Crippen LogP contribution >= 0.6 is 0 Å². The van der Waals surface area contributed by atoms with Crippen LogP contribution < -0.4 is 10.6 Å². The number of esters is 1. The number of benzene rings is 2. The van der Waals surface area contributed by atoms with Gasteiger partial charge in [0.25, 0.3) is 0 Å². The molecule has 0 spiro atoms. The van der Waals surface area contributed by atoms with E-state index >= 15 is 0 Å². The van der Waals surface area contributed by atoms with Crippen LogP contribution in [0.2, 0.25) is 0 Å². The minimum atomic E-state index is -4.62. The molecule has 0 fully saturated rings. The molecule has 0 saturated carbocycles. The molecule has 1 atom stereocenters. The van der Waals surface area contributed by atoms with Gasteiger partial charge in [0.1, 0.15) is 6.04 Å². The number of allylic oxidation sites excluding steroid dienone is 1. The summed E-state index contributed by atoms with van der Waals surface area (Å²) in [4.78, 5) is 27.7. The van der Waals surface area contributed by atoms with Crippen molar-refractivity contribution in [1.29, 1.82) is 5.26 Å². The Morgan fingerprint density at radius 1 is 1.21 bits per heavy atom. The minimum absolute atomic E-state index is 0.00920. The topological polar surface area (TPSA) is 124 Å². The van der Waals surface area contributed by atoms with Crippen molar-refractivity contribution >= 4 is 17.6 Å². The molecule has 0 saturated heterocycles. The van der Waals surface area contributed by atoms with Crippen LogP contribution in [-0.2, 0) is 22.1 Å². The predicted molar refractivity (Wildman–Crippen MR) is 135 cm³/mol. The summed E-state index contributed by atoms with van der Waals surface area (Å²) >= 11 is 0. The minimum Gasteiger partial charge on any atom is -0.466 e. The first kappa shape index (κ1) is 27.7. The van der Waals surface area contributed by atoms with Gasteiger partial charge in [0.2, 0.25) is 5.95 Å². The number of nitrogens with zero attached hydrogens (tertiary/aromatic N) is 4. The highest BCUT2D eigenvalue weighted by Gasteiger charge is 2.41. The van der Waals surface area contributed by atoms with E-state index in [1.807, 2.05) is 0 Å². The Bertz CT molecular complexity index is 1520. The maximum Gasteiger partial charge on any atom is 0.416 e. The molecule has 4 rings (SSSR count). The van der Waals surface area contributed by atoms with Gasteiger partial charge in [-0.25, -0.2) is 19.3 Å². The third-order valence-electron chi connectivity index (χ3n) is 6.65. The van der Waals surface area contributed by atoms with E-state index in [1.165, 1.54) is 28.7 Å². The Morgan fingerprint density at radius 3 is 2.64 bits per heavy atom. The molecule has 39 heavy (non-hydrogen) atoms. The Hall–Kier alpha value is -4.37. The van der Waals surface area contributed by atoms with Gasteiger partial charge in [-0.05, 0) is 67.6 Å². The summed E-state index contributed by atoms with van der Waals surface area (Å²) in [5, 5.41) is 25.1. The average Bonchev–Trinajstić information content (AvgIpc) is 3.30. The summed E-state index contributed by atoms with van der Waals surface area (Å²) in [7, 11) is 1.18. The van der Waals surface area contributed by atoms with Gasteiger partial charge in [-0.3, -0.25) is 4.90 Å². The van der Waals surface area contributed by atoms with Crippen LogP contribution in [0.5, 0.6) is 0 Å². The number of carbonyl (C=O) groups is 1. The number of rotatable bonds is 8. The quantitative estimate of drug-likeness (QED) is 0.321. The van der Waals surface area contributed by atoms with Crippen LogP contribution in [0.1, 0.15) is 54.5 Å². The number of aromatic nitrogens is 3. The molecular weight excluding hydrogens is 515 g/mol. The van der Waals surface area contributed by atoms with E-state index < -0.39 is 29.4 Å². The fourth-order valence-electron chi connectivity index (χ4n) is 4.84. The van der Waals surface area contributed by atoms with E-state index in [1.54, 1.807) is 25.1 Å². The van der Waals surface area contributed by atoms with Gasteiger partial charge in [-0.15, -0.1) is 5.10 Å². The number of anilines is 2. The summed E-state index contributed by atoms with van der Waals surface area (Å²) in [6.45, 7) is 1.59. The number of aliphatic hydroxyl groups excluding tert-OH is 1.